The number of carbonyl (C=O) groups excluding carboxylic acids is 3. The molecule has 33 heavy (non-hydrogen) atoms. The lowest BCUT2D eigenvalue weighted by Crippen LogP contribution is -2.37. The fourth-order valence-electron chi connectivity index (χ4n) is 2.99. The average Bonchev–Trinajstić information content (AvgIpc) is 3.10. The van der Waals surface area contributed by atoms with Gasteiger partial charge in [-0.05, 0) is 11.1 Å². The number of carbonyl (C=O) groups is 3. The van der Waals surface area contributed by atoms with Crippen LogP contribution in [0.15, 0.2) is 60.7 Å². The first kappa shape index (κ1) is 24.4. The third kappa shape index (κ3) is 7.67. The minimum absolute atomic E-state index is 0.00499. The van der Waals surface area contributed by atoms with Gasteiger partial charge in [-0.1, -0.05) is 60.7 Å². The first-order valence-corrected chi connectivity index (χ1v) is 11.0. The van der Waals surface area contributed by atoms with Crippen molar-refractivity contribution in [3.05, 3.63) is 71.8 Å². The van der Waals surface area contributed by atoms with E-state index >= 15 is 0 Å². The van der Waals surface area contributed by atoms with Crippen LogP contribution in [0.3, 0.4) is 0 Å². The van der Waals surface area contributed by atoms with Crippen LogP contribution in [0.5, 0.6) is 0 Å². The van der Waals surface area contributed by atoms with E-state index in [1.165, 1.54) is 0 Å². The highest BCUT2D eigenvalue weighted by molar-refractivity contribution is 8.00. The number of alkyl halides is 1. The van der Waals surface area contributed by atoms with E-state index in [2.05, 4.69) is 0 Å². The maximum Gasteiger partial charge on any atom is 0.509 e. The summed E-state index contributed by atoms with van der Waals surface area (Å²) in [5, 5.41) is -0.835. The van der Waals surface area contributed by atoms with E-state index in [9.17, 15) is 18.8 Å². The minimum atomic E-state index is -1.84. The first-order chi connectivity index (χ1) is 15.9. The van der Waals surface area contributed by atoms with Crippen molar-refractivity contribution in [2.45, 2.75) is 43.1 Å². The van der Waals surface area contributed by atoms with Gasteiger partial charge in [-0.2, -0.15) is 0 Å². The summed E-state index contributed by atoms with van der Waals surface area (Å²) in [5.74, 6) is -0.690. The van der Waals surface area contributed by atoms with Crippen LogP contribution in [0.25, 0.3) is 0 Å². The van der Waals surface area contributed by atoms with E-state index in [1.807, 2.05) is 12.1 Å². The van der Waals surface area contributed by atoms with E-state index in [1.54, 1.807) is 48.5 Å². The molecule has 3 rings (SSSR count). The number of thioether (sulfide) groups is 1. The zero-order valence-corrected chi connectivity index (χ0v) is 18.6. The molecule has 0 aromatic heterocycles. The highest BCUT2D eigenvalue weighted by atomic mass is 32.2. The lowest BCUT2D eigenvalue weighted by molar-refractivity contribution is -0.145. The van der Waals surface area contributed by atoms with Crippen LogP contribution in [0.4, 0.5) is 14.0 Å². The van der Waals surface area contributed by atoms with E-state index in [0.29, 0.717) is 0 Å². The monoisotopic (exact) mass is 478 g/mol. The van der Waals surface area contributed by atoms with Crippen molar-refractivity contribution in [3.63, 3.8) is 0 Å². The van der Waals surface area contributed by atoms with Crippen molar-refractivity contribution in [3.8, 4) is 0 Å². The zero-order chi connectivity index (χ0) is 23.6. The number of hydrogen-bond donors (Lipinski definition) is 0. The topological polar surface area (TPSA) is 97.4 Å². The van der Waals surface area contributed by atoms with Gasteiger partial charge in [-0.3, -0.25) is 4.79 Å². The minimum Gasteiger partial charge on any atom is -0.448 e. The van der Waals surface area contributed by atoms with Crippen LogP contribution in [0.2, 0.25) is 0 Å². The Hall–Kier alpha value is -3.27. The molecule has 1 saturated heterocycles. The van der Waals surface area contributed by atoms with Crippen LogP contribution in [0.1, 0.15) is 18.1 Å². The van der Waals surface area contributed by atoms with Crippen molar-refractivity contribution in [2.24, 2.45) is 0 Å². The number of rotatable bonds is 8. The van der Waals surface area contributed by atoms with Gasteiger partial charge < -0.3 is 23.7 Å². The molecule has 8 nitrogen and oxygen atoms in total. The summed E-state index contributed by atoms with van der Waals surface area (Å²) in [6.45, 7) is 0.761. The van der Waals surface area contributed by atoms with Crippen molar-refractivity contribution in [1.29, 1.82) is 0 Å². The highest BCUT2D eigenvalue weighted by Gasteiger charge is 2.50. The predicted octanol–water partition coefficient (Wildman–Crippen LogP) is 4.40. The van der Waals surface area contributed by atoms with Crippen LogP contribution in [-0.4, -0.2) is 47.8 Å². The second-order valence-corrected chi connectivity index (χ2v) is 8.38. The molecule has 0 spiro atoms. The van der Waals surface area contributed by atoms with E-state index in [0.717, 1.165) is 29.8 Å². The Balaban J connectivity index is 1.53. The van der Waals surface area contributed by atoms with Gasteiger partial charge in [0.15, 0.2) is 17.7 Å². The summed E-state index contributed by atoms with van der Waals surface area (Å²) in [5.41, 5.74) is 0.278. The molecule has 1 unspecified atom stereocenters. The molecule has 0 aliphatic carbocycles. The lowest BCUT2D eigenvalue weighted by atomic mass is 10.2. The standard InChI is InChI=1S/C23H23FO8S/c1-15(25)31-21-19(24)20(32-23(27)29-13-17-10-6-3-7-11-17)18(33-21)14-30-22(26)28-12-16-8-4-2-5-9-16/h2-11,18-21H,12-14H2,1H3/t18-,19+,20-,21?/m1/s1. The second-order valence-electron chi connectivity index (χ2n) is 7.04. The molecular formula is C23H23FO8S. The smallest absolute Gasteiger partial charge is 0.448 e. The van der Waals surface area contributed by atoms with Gasteiger partial charge in [0, 0.05) is 6.92 Å². The maximum absolute atomic E-state index is 14.9. The van der Waals surface area contributed by atoms with Gasteiger partial charge >= 0.3 is 18.3 Å². The quantitative estimate of drug-likeness (QED) is 0.404. The van der Waals surface area contributed by atoms with Gasteiger partial charge in [-0.15, -0.1) is 11.8 Å². The molecular weight excluding hydrogens is 455 g/mol. The number of ether oxygens (including phenoxy) is 5. The fraction of sp³-hybridized carbons (Fsp3) is 0.348. The molecule has 0 amide bonds. The molecule has 1 heterocycles. The van der Waals surface area contributed by atoms with Crippen molar-refractivity contribution < 1.29 is 42.5 Å². The summed E-state index contributed by atoms with van der Waals surface area (Å²) in [4.78, 5) is 35.4. The number of esters is 1. The number of halogens is 1. The average molecular weight is 478 g/mol. The Morgan fingerprint density at radius 1 is 0.818 bits per heavy atom. The second kappa shape index (κ2) is 12.1. The molecule has 176 valence electrons. The molecule has 1 fully saturated rings. The molecule has 0 saturated carbocycles. The SMILES string of the molecule is CC(=O)OC1S[C@H](COC(=O)OCc2ccccc2)[C@@H](OC(=O)OCc2ccccc2)[C@@H]1F. The third-order valence-electron chi connectivity index (χ3n) is 4.53. The summed E-state index contributed by atoms with van der Waals surface area (Å²) < 4.78 is 40.1. The lowest BCUT2D eigenvalue weighted by Gasteiger charge is -2.20. The Kier molecular flexibility index (Phi) is 8.94. The largest absolute Gasteiger partial charge is 0.509 e. The van der Waals surface area contributed by atoms with Gasteiger partial charge in [0.25, 0.3) is 0 Å². The molecule has 2 aromatic rings. The number of hydrogen-bond acceptors (Lipinski definition) is 9. The Bertz CT molecular complexity index is 927. The molecule has 10 heteroatoms. The maximum atomic E-state index is 14.9. The van der Waals surface area contributed by atoms with E-state index in [-0.39, 0.29) is 19.8 Å². The Morgan fingerprint density at radius 2 is 1.36 bits per heavy atom. The normalized spacial score (nSPS) is 21.6. The Morgan fingerprint density at radius 3 is 1.91 bits per heavy atom. The van der Waals surface area contributed by atoms with Gasteiger partial charge in [0.05, 0.1) is 5.25 Å². The molecule has 0 N–H and O–H groups in total. The first-order valence-electron chi connectivity index (χ1n) is 10.1. The molecule has 1 aliphatic heterocycles. The summed E-state index contributed by atoms with van der Waals surface area (Å²) in [6, 6.07) is 17.9. The Labute approximate surface area is 194 Å². The van der Waals surface area contributed by atoms with E-state index in [4.69, 9.17) is 23.7 Å². The van der Waals surface area contributed by atoms with Crippen LogP contribution in [-0.2, 0) is 41.7 Å². The van der Waals surface area contributed by atoms with Crippen molar-refractivity contribution >= 4 is 30.0 Å². The fourth-order valence-corrected chi connectivity index (χ4v) is 4.33. The van der Waals surface area contributed by atoms with Crippen molar-refractivity contribution in [1.82, 2.24) is 0 Å². The zero-order valence-electron chi connectivity index (χ0n) is 17.8. The van der Waals surface area contributed by atoms with Gasteiger partial charge in [-0.25, -0.2) is 14.0 Å². The number of benzene rings is 2. The predicted molar refractivity (Wildman–Crippen MR) is 116 cm³/mol. The van der Waals surface area contributed by atoms with E-state index < -0.39 is 41.2 Å². The van der Waals surface area contributed by atoms with Gasteiger partial charge in [0.1, 0.15) is 19.8 Å². The summed E-state index contributed by atoms with van der Waals surface area (Å²) >= 11 is 0.884. The van der Waals surface area contributed by atoms with Crippen LogP contribution >= 0.6 is 11.8 Å². The molecule has 1 aliphatic rings. The van der Waals surface area contributed by atoms with Gasteiger partial charge in [0.2, 0.25) is 0 Å². The van der Waals surface area contributed by atoms with Crippen LogP contribution < -0.4 is 0 Å². The highest BCUT2D eigenvalue weighted by Crippen LogP contribution is 2.39. The molecule has 2 aromatic carbocycles. The van der Waals surface area contributed by atoms with Crippen molar-refractivity contribution in [2.75, 3.05) is 6.61 Å². The molecule has 4 atom stereocenters. The molecule has 0 radical (unpaired) electrons. The summed E-state index contributed by atoms with van der Waals surface area (Å²) in [6.07, 6.45) is -5.25. The third-order valence-corrected chi connectivity index (χ3v) is 5.91. The molecule has 0 bridgehead atoms. The van der Waals surface area contributed by atoms with Crippen LogP contribution in [0, 0.1) is 0 Å². The summed E-state index contributed by atoms with van der Waals surface area (Å²) in [7, 11) is 0.